The minimum atomic E-state index is -0.190. The monoisotopic (exact) mass is 184 g/mol. The third-order valence-corrected chi connectivity index (χ3v) is 1.37. The van der Waals surface area contributed by atoms with Crippen LogP contribution in [0.2, 0.25) is 0 Å². The van der Waals surface area contributed by atoms with Crippen LogP contribution in [-0.2, 0) is 9.59 Å². The lowest BCUT2D eigenvalue weighted by Crippen LogP contribution is -2.36. The van der Waals surface area contributed by atoms with Crippen LogP contribution in [0.5, 0.6) is 0 Å². The van der Waals surface area contributed by atoms with Crippen molar-refractivity contribution in [1.29, 1.82) is 0 Å². The first kappa shape index (κ1) is 11.7. The van der Waals surface area contributed by atoms with E-state index in [1.165, 1.54) is 0 Å². The Bertz CT molecular complexity index is 190. The smallest absolute Gasteiger partial charge is 0.239 e. The van der Waals surface area contributed by atoms with Crippen molar-refractivity contribution in [1.82, 2.24) is 10.6 Å². The van der Waals surface area contributed by atoms with E-state index in [1.54, 1.807) is 6.08 Å². The minimum absolute atomic E-state index is 0.0483. The Morgan fingerprint density at radius 2 is 2.00 bits per heavy atom. The lowest BCUT2D eigenvalue weighted by atomic mass is 10.3. The van der Waals surface area contributed by atoms with Crippen molar-refractivity contribution in [3.8, 4) is 0 Å². The van der Waals surface area contributed by atoms with Crippen LogP contribution in [0.3, 0.4) is 0 Å². The molecule has 0 unspecified atom stereocenters. The molecule has 0 aliphatic carbocycles. The highest BCUT2D eigenvalue weighted by Crippen LogP contribution is 1.84. The minimum Gasteiger partial charge on any atom is -0.351 e. The number of carbonyl (C=O) groups is 2. The van der Waals surface area contributed by atoms with Crippen molar-refractivity contribution in [3.63, 3.8) is 0 Å². The average molecular weight is 184 g/mol. The Morgan fingerprint density at radius 3 is 2.54 bits per heavy atom. The molecule has 0 aromatic heterocycles. The van der Waals surface area contributed by atoms with Gasteiger partial charge in [0.2, 0.25) is 11.8 Å². The van der Waals surface area contributed by atoms with E-state index < -0.39 is 0 Å². The second-order valence-electron chi connectivity index (χ2n) is 2.62. The predicted octanol–water partition coefficient (Wildman–Crippen LogP) is 0.205. The van der Waals surface area contributed by atoms with Gasteiger partial charge < -0.3 is 10.6 Å². The Labute approximate surface area is 78.4 Å². The van der Waals surface area contributed by atoms with Gasteiger partial charge in [-0.3, -0.25) is 9.59 Å². The van der Waals surface area contributed by atoms with Crippen molar-refractivity contribution < 1.29 is 9.59 Å². The summed E-state index contributed by atoms with van der Waals surface area (Å²) in [4.78, 5) is 21.8. The van der Waals surface area contributed by atoms with Gasteiger partial charge in [0.25, 0.3) is 0 Å². The molecule has 0 aliphatic rings. The molecule has 2 N–H and O–H groups in total. The van der Waals surface area contributed by atoms with E-state index in [4.69, 9.17) is 0 Å². The third kappa shape index (κ3) is 7.05. The molecule has 0 heterocycles. The Hall–Kier alpha value is -1.32. The average Bonchev–Trinajstić information content (AvgIpc) is 2.12. The molecule has 0 aliphatic heterocycles. The zero-order chi connectivity index (χ0) is 10.1. The second-order valence-corrected chi connectivity index (χ2v) is 2.62. The van der Waals surface area contributed by atoms with Crippen LogP contribution in [-0.4, -0.2) is 24.9 Å². The number of carbonyl (C=O) groups excluding carboxylic acids is 2. The quantitative estimate of drug-likeness (QED) is 0.579. The van der Waals surface area contributed by atoms with Gasteiger partial charge >= 0.3 is 0 Å². The summed E-state index contributed by atoms with van der Waals surface area (Å²) in [6.07, 6.45) is 2.85. The highest BCUT2D eigenvalue weighted by Gasteiger charge is 2.02. The van der Waals surface area contributed by atoms with E-state index in [9.17, 15) is 9.59 Å². The lowest BCUT2D eigenvalue weighted by Gasteiger charge is -2.03. The number of hydrogen-bond donors (Lipinski definition) is 2. The Kier molecular flexibility index (Phi) is 6.59. The molecule has 0 radical (unpaired) electrons. The van der Waals surface area contributed by atoms with Gasteiger partial charge in [-0.05, 0) is 6.42 Å². The van der Waals surface area contributed by atoms with Gasteiger partial charge in [0, 0.05) is 13.0 Å². The van der Waals surface area contributed by atoms with Crippen molar-refractivity contribution in [2.75, 3.05) is 13.1 Å². The first-order valence-electron chi connectivity index (χ1n) is 4.35. The van der Waals surface area contributed by atoms with Gasteiger partial charge in [-0.2, -0.15) is 0 Å². The van der Waals surface area contributed by atoms with E-state index in [0.29, 0.717) is 13.0 Å². The summed E-state index contributed by atoms with van der Waals surface area (Å²) in [5, 5.41) is 5.07. The summed E-state index contributed by atoms with van der Waals surface area (Å²) in [5.41, 5.74) is 0. The molecular formula is C9H16N2O2. The molecule has 4 heteroatoms. The van der Waals surface area contributed by atoms with Gasteiger partial charge in [0.15, 0.2) is 0 Å². The highest BCUT2D eigenvalue weighted by atomic mass is 16.2. The maximum Gasteiger partial charge on any atom is 0.239 e. The normalized spacial score (nSPS) is 9.00. The van der Waals surface area contributed by atoms with E-state index in [1.807, 2.05) is 6.92 Å². The predicted molar refractivity (Wildman–Crippen MR) is 51.1 cm³/mol. The molecule has 0 aromatic carbocycles. The van der Waals surface area contributed by atoms with E-state index in [0.717, 1.165) is 6.42 Å². The van der Waals surface area contributed by atoms with E-state index in [2.05, 4.69) is 17.2 Å². The fourth-order valence-corrected chi connectivity index (χ4v) is 0.743. The maximum absolute atomic E-state index is 10.9. The van der Waals surface area contributed by atoms with Crippen LogP contribution in [0.4, 0.5) is 0 Å². The number of amides is 2. The van der Waals surface area contributed by atoms with Gasteiger partial charge in [-0.25, -0.2) is 0 Å². The summed E-state index contributed by atoms with van der Waals surface area (Å²) in [5.74, 6) is -0.277. The third-order valence-electron chi connectivity index (χ3n) is 1.37. The van der Waals surface area contributed by atoms with Gasteiger partial charge in [-0.15, -0.1) is 6.58 Å². The van der Waals surface area contributed by atoms with Crippen LogP contribution in [0.25, 0.3) is 0 Å². The molecule has 74 valence electrons. The summed E-state index contributed by atoms with van der Waals surface area (Å²) in [6.45, 7) is 5.85. The second kappa shape index (κ2) is 7.34. The first-order valence-corrected chi connectivity index (χ1v) is 4.35. The molecule has 0 atom stereocenters. The molecule has 0 spiro atoms. The zero-order valence-electron chi connectivity index (χ0n) is 7.93. The SMILES string of the molecule is C=CCNC(=O)CNC(=O)CCC. The van der Waals surface area contributed by atoms with Crippen LogP contribution >= 0.6 is 0 Å². The standard InChI is InChI=1S/C9H16N2O2/c1-3-5-8(12)11-7-9(13)10-6-4-2/h4H,2-3,5-7H2,1H3,(H,10,13)(H,11,12). The number of nitrogens with one attached hydrogen (secondary N) is 2. The largest absolute Gasteiger partial charge is 0.351 e. The Morgan fingerprint density at radius 1 is 1.31 bits per heavy atom. The van der Waals surface area contributed by atoms with Gasteiger partial charge in [0.05, 0.1) is 6.54 Å². The molecule has 0 aromatic rings. The summed E-state index contributed by atoms with van der Waals surface area (Å²) >= 11 is 0. The first-order chi connectivity index (χ1) is 6.20. The van der Waals surface area contributed by atoms with Gasteiger partial charge in [-0.1, -0.05) is 13.0 Å². The topological polar surface area (TPSA) is 58.2 Å². The van der Waals surface area contributed by atoms with Gasteiger partial charge in [0.1, 0.15) is 0 Å². The Balaban J connectivity index is 3.45. The zero-order valence-corrected chi connectivity index (χ0v) is 7.93. The van der Waals surface area contributed by atoms with Crippen molar-refractivity contribution in [2.45, 2.75) is 19.8 Å². The molecule has 0 bridgehead atoms. The van der Waals surface area contributed by atoms with E-state index in [-0.39, 0.29) is 18.4 Å². The van der Waals surface area contributed by atoms with Crippen LogP contribution < -0.4 is 10.6 Å². The lowest BCUT2D eigenvalue weighted by molar-refractivity contribution is -0.126. The number of hydrogen-bond acceptors (Lipinski definition) is 2. The highest BCUT2D eigenvalue weighted by molar-refractivity contribution is 5.84. The summed E-state index contributed by atoms with van der Waals surface area (Å²) < 4.78 is 0. The molecule has 13 heavy (non-hydrogen) atoms. The number of rotatable bonds is 6. The summed E-state index contributed by atoms with van der Waals surface area (Å²) in [7, 11) is 0. The van der Waals surface area contributed by atoms with Crippen LogP contribution in [0, 0.1) is 0 Å². The fraction of sp³-hybridized carbons (Fsp3) is 0.556. The van der Waals surface area contributed by atoms with E-state index >= 15 is 0 Å². The van der Waals surface area contributed by atoms with Crippen LogP contribution in [0.1, 0.15) is 19.8 Å². The molecule has 2 amide bonds. The molecule has 4 nitrogen and oxygen atoms in total. The summed E-state index contributed by atoms with van der Waals surface area (Å²) in [6, 6.07) is 0. The maximum atomic E-state index is 10.9. The molecular weight excluding hydrogens is 168 g/mol. The molecule has 0 fully saturated rings. The fourth-order valence-electron chi connectivity index (χ4n) is 0.743. The van der Waals surface area contributed by atoms with Crippen molar-refractivity contribution >= 4 is 11.8 Å². The molecule has 0 saturated carbocycles. The van der Waals surface area contributed by atoms with Crippen molar-refractivity contribution in [3.05, 3.63) is 12.7 Å². The molecule has 0 saturated heterocycles. The van der Waals surface area contributed by atoms with Crippen LogP contribution in [0.15, 0.2) is 12.7 Å². The molecule has 0 rings (SSSR count). The van der Waals surface area contributed by atoms with Crippen molar-refractivity contribution in [2.24, 2.45) is 0 Å².